The highest BCUT2D eigenvalue weighted by Crippen LogP contribution is 2.34. The number of fused-ring (bicyclic) bond motifs is 1. The summed E-state index contributed by atoms with van der Waals surface area (Å²) in [5.74, 6) is -0.285. The Bertz CT molecular complexity index is 1030. The van der Waals surface area contributed by atoms with Gasteiger partial charge in [0.1, 0.15) is 5.82 Å². The highest BCUT2D eigenvalue weighted by molar-refractivity contribution is 5.94. The van der Waals surface area contributed by atoms with E-state index in [1.807, 2.05) is 41.3 Å². The summed E-state index contributed by atoms with van der Waals surface area (Å²) in [5, 5.41) is 8.97. The molecule has 2 aromatic carbocycles. The molecule has 4 rings (SSSR count). The van der Waals surface area contributed by atoms with Gasteiger partial charge in [0.05, 0.1) is 5.56 Å². The second-order valence-electron chi connectivity index (χ2n) is 7.26. The van der Waals surface area contributed by atoms with Gasteiger partial charge >= 0.3 is 5.97 Å². The molecule has 1 aliphatic rings. The van der Waals surface area contributed by atoms with Crippen molar-refractivity contribution >= 4 is 23.4 Å². The molecule has 30 heavy (non-hydrogen) atoms. The van der Waals surface area contributed by atoms with Crippen molar-refractivity contribution in [3.63, 3.8) is 0 Å². The van der Waals surface area contributed by atoms with Crippen molar-refractivity contribution in [2.24, 2.45) is 0 Å². The Morgan fingerprint density at radius 3 is 2.30 bits per heavy atom. The molecule has 154 valence electrons. The number of nitrogens with two attached hydrogens (primary N) is 1. The maximum Gasteiger partial charge on any atom is 0.335 e. The van der Waals surface area contributed by atoms with Gasteiger partial charge in [-0.1, -0.05) is 24.3 Å². The van der Waals surface area contributed by atoms with Crippen LogP contribution in [0.2, 0.25) is 0 Å². The number of aromatic carboxylic acids is 1. The molecule has 0 bridgehead atoms. The minimum Gasteiger partial charge on any atom is -0.478 e. The minimum atomic E-state index is -0.923. The number of carbonyl (C=O) groups excluding carboxylic acids is 1. The van der Waals surface area contributed by atoms with Gasteiger partial charge in [0.2, 0.25) is 5.91 Å². The number of anilines is 2. The van der Waals surface area contributed by atoms with E-state index in [0.717, 1.165) is 35.2 Å². The molecular formula is C24H25N3O3. The number of aryl methyl sites for hydroxylation is 1. The van der Waals surface area contributed by atoms with E-state index in [2.05, 4.69) is 18.0 Å². The standard InChI is InChI=1S/C19H19NO3.C5H6N2/c1-12-3-4-17-11-16(9-10-18(17)20(12)13(2)21)14-5-7-15(8-6-14)19(22)23;6-5-3-1-2-4-7-5/h5-12H,3-4H2,1-2H3,(H,22,23);1-4H,(H2,6,7)/t12-;/m0./s1. The van der Waals surface area contributed by atoms with Gasteiger partial charge in [-0.2, -0.15) is 0 Å². The summed E-state index contributed by atoms with van der Waals surface area (Å²) in [7, 11) is 0. The molecular weight excluding hydrogens is 378 g/mol. The van der Waals surface area contributed by atoms with E-state index in [-0.39, 0.29) is 17.5 Å². The molecule has 0 unspecified atom stereocenters. The predicted octanol–water partition coefficient (Wildman–Crippen LogP) is 4.40. The van der Waals surface area contributed by atoms with Crippen LogP contribution in [-0.4, -0.2) is 28.0 Å². The smallest absolute Gasteiger partial charge is 0.335 e. The first-order valence-electron chi connectivity index (χ1n) is 9.79. The van der Waals surface area contributed by atoms with Gasteiger partial charge < -0.3 is 15.7 Å². The highest BCUT2D eigenvalue weighted by atomic mass is 16.4. The molecule has 0 radical (unpaired) electrons. The summed E-state index contributed by atoms with van der Waals surface area (Å²) in [6.45, 7) is 3.67. The van der Waals surface area contributed by atoms with Crippen LogP contribution in [0.1, 0.15) is 36.2 Å². The number of hydrogen-bond acceptors (Lipinski definition) is 4. The van der Waals surface area contributed by atoms with E-state index in [0.29, 0.717) is 5.82 Å². The van der Waals surface area contributed by atoms with Gasteiger partial charge in [-0.3, -0.25) is 4.79 Å². The average Bonchev–Trinajstić information content (AvgIpc) is 2.74. The normalized spacial score (nSPS) is 14.9. The van der Waals surface area contributed by atoms with Crippen LogP contribution in [0.15, 0.2) is 66.9 Å². The lowest BCUT2D eigenvalue weighted by Crippen LogP contribution is -2.40. The number of carboxylic acid groups (broad SMARTS) is 1. The Labute approximate surface area is 176 Å². The number of pyridine rings is 1. The van der Waals surface area contributed by atoms with Crippen LogP contribution in [-0.2, 0) is 11.2 Å². The molecule has 0 fully saturated rings. The predicted molar refractivity (Wildman–Crippen MR) is 118 cm³/mol. The minimum absolute atomic E-state index is 0.0667. The molecule has 3 aromatic rings. The van der Waals surface area contributed by atoms with Crippen LogP contribution in [0.5, 0.6) is 0 Å². The topological polar surface area (TPSA) is 96.5 Å². The highest BCUT2D eigenvalue weighted by Gasteiger charge is 2.26. The van der Waals surface area contributed by atoms with Crippen molar-refractivity contribution in [1.82, 2.24) is 4.98 Å². The fourth-order valence-corrected chi connectivity index (χ4v) is 3.59. The van der Waals surface area contributed by atoms with Gasteiger partial charge in [0.25, 0.3) is 0 Å². The van der Waals surface area contributed by atoms with Crippen LogP contribution in [0.4, 0.5) is 11.5 Å². The van der Waals surface area contributed by atoms with Crippen LogP contribution in [0.25, 0.3) is 11.1 Å². The third kappa shape index (κ3) is 4.84. The van der Waals surface area contributed by atoms with Gasteiger partial charge in [0, 0.05) is 24.8 Å². The molecule has 1 aliphatic heterocycles. The maximum atomic E-state index is 11.9. The molecule has 1 atom stereocenters. The Morgan fingerprint density at radius 2 is 1.77 bits per heavy atom. The Morgan fingerprint density at radius 1 is 1.07 bits per heavy atom. The first-order valence-corrected chi connectivity index (χ1v) is 9.79. The molecule has 2 heterocycles. The zero-order valence-electron chi connectivity index (χ0n) is 17.1. The number of nitrogens with zero attached hydrogens (tertiary/aromatic N) is 2. The molecule has 0 aliphatic carbocycles. The molecule has 3 N–H and O–H groups in total. The number of aromatic nitrogens is 1. The number of benzene rings is 2. The molecule has 1 amide bonds. The fourth-order valence-electron chi connectivity index (χ4n) is 3.59. The van der Waals surface area contributed by atoms with Gasteiger partial charge in [-0.25, -0.2) is 9.78 Å². The summed E-state index contributed by atoms with van der Waals surface area (Å²) in [5.41, 5.74) is 9.70. The summed E-state index contributed by atoms with van der Waals surface area (Å²) in [6.07, 6.45) is 3.56. The number of carbonyl (C=O) groups is 2. The van der Waals surface area contributed by atoms with E-state index in [4.69, 9.17) is 10.8 Å². The number of carboxylic acids is 1. The third-order valence-electron chi connectivity index (χ3n) is 5.10. The summed E-state index contributed by atoms with van der Waals surface area (Å²) < 4.78 is 0. The lowest BCUT2D eigenvalue weighted by atomic mass is 9.93. The van der Waals surface area contributed by atoms with Crippen molar-refractivity contribution in [3.05, 3.63) is 78.0 Å². The van der Waals surface area contributed by atoms with E-state index in [1.165, 1.54) is 0 Å². The molecule has 0 saturated heterocycles. The number of nitrogen functional groups attached to an aromatic ring is 1. The van der Waals surface area contributed by atoms with Crippen LogP contribution < -0.4 is 10.6 Å². The van der Waals surface area contributed by atoms with E-state index in [9.17, 15) is 9.59 Å². The van der Waals surface area contributed by atoms with E-state index >= 15 is 0 Å². The van der Waals surface area contributed by atoms with Gasteiger partial charge in [-0.15, -0.1) is 0 Å². The number of hydrogen-bond donors (Lipinski definition) is 2. The molecule has 0 spiro atoms. The van der Waals surface area contributed by atoms with E-state index in [1.54, 1.807) is 31.3 Å². The maximum absolute atomic E-state index is 11.9. The zero-order chi connectivity index (χ0) is 21.7. The zero-order valence-corrected chi connectivity index (χ0v) is 17.1. The third-order valence-corrected chi connectivity index (χ3v) is 5.10. The Hall–Kier alpha value is -3.67. The van der Waals surface area contributed by atoms with Crippen LogP contribution >= 0.6 is 0 Å². The fraction of sp³-hybridized carbons (Fsp3) is 0.208. The van der Waals surface area contributed by atoms with Crippen molar-refractivity contribution in [2.75, 3.05) is 10.6 Å². The lowest BCUT2D eigenvalue weighted by Gasteiger charge is -2.34. The first kappa shape index (κ1) is 21.0. The molecule has 0 saturated carbocycles. The largest absolute Gasteiger partial charge is 0.478 e. The monoisotopic (exact) mass is 403 g/mol. The summed E-state index contributed by atoms with van der Waals surface area (Å²) in [6, 6.07) is 18.6. The van der Waals surface area contributed by atoms with E-state index < -0.39 is 5.97 Å². The molecule has 6 nitrogen and oxygen atoms in total. The number of rotatable bonds is 2. The second kappa shape index (κ2) is 9.22. The van der Waals surface area contributed by atoms with Gasteiger partial charge in [0.15, 0.2) is 0 Å². The molecule has 1 aromatic heterocycles. The second-order valence-corrected chi connectivity index (χ2v) is 7.26. The van der Waals surface area contributed by atoms with Crippen molar-refractivity contribution in [2.45, 2.75) is 32.7 Å². The van der Waals surface area contributed by atoms with Crippen LogP contribution in [0.3, 0.4) is 0 Å². The van der Waals surface area contributed by atoms with Gasteiger partial charge in [-0.05, 0) is 72.9 Å². The Balaban J connectivity index is 0.000000310. The SMILES string of the molecule is CC(=O)N1c2ccc(-c3ccc(C(=O)O)cc3)cc2CC[C@@H]1C.Nc1ccccn1. The average molecular weight is 403 g/mol. The summed E-state index contributed by atoms with van der Waals surface area (Å²) in [4.78, 5) is 28.4. The van der Waals surface area contributed by atoms with Crippen molar-refractivity contribution in [1.29, 1.82) is 0 Å². The first-order chi connectivity index (χ1) is 14.4. The lowest BCUT2D eigenvalue weighted by molar-refractivity contribution is -0.117. The van der Waals surface area contributed by atoms with Crippen molar-refractivity contribution in [3.8, 4) is 11.1 Å². The number of amides is 1. The van der Waals surface area contributed by atoms with Crippen molar-refractivity contribution < 1.29 is 14.7 Å². The molecule has 6 heteroatoms. The summed E-state index contributed by atoms with van der Waals surface area (Å²) >= 11 is 0. The van der Waals surface area contributed by atoms with Crippen LogP contribution in [0, 0.1) is 0 Å². The Kier molecular flexibility index (Phi) is 6.47. The quantitative estimate of drug-likeness (QED) is 0.661.